The first-order valence-corrected chi connectivity index (χ1v) is 5.56. The summed E-state index contributed by atoms with van der Waals surface area (Å²) in [5.74, 6) is 0.0834. The molecule has 0 N–H and O–H groups in total. The summed E-state index contributed by atoms with van der Waals surface area (Å²) >= 11 is 0. The number of rotatable bonds is 0. The van der Waals surface area contributed by atoms with Crippen molar-refractivity contribution in [3.63, 3.8) is 0 Å². The molecule has 86 valence electrons. The van der Waals surface area contributed by atoms with Crippen molar-refractivity contribution in [1.82, 2.24) is 0 Å². The summed E-state index contributed by atoms with van der Waals surface area (Å²) in [6.07, 6.45) is 0. The third-order valence-corrected chi connectivity index (χ3v) is 4.84. The molecule has 0 spiro atoms. The molecule has 0 aromatic rings. The quantitative estimate of drug-likeness (QED) is 0.576. The SMILES string of the molecule is CC1C(=O)C(C)(C)C(=O)C(C)(C)C1(C)C. The molecule has 15 heavy (non-hydrogen) atoms. The van der Waals surface area contributed by atoms with Crippen LogP contribution in [-0.2, 0) is 9.59 Å². The monoisotopic (exact) mass is 210 g/mol. The molecule has 0 aromatic heterocycles. The highest BCUT2D eigenvalue weighted by atomic mass is 16.2. The molecular weight excluding hydrogens is 188 g/mol. The second kappa shape index (κ2) is 2.93. The largest absolute Gasteiger partial charge is 0.298 e. The molecule has 1 unspecified atom stereocenters. The van der Waals surface area contributed by atoms with Gasteiger partial charge in [0.25, 0.3) is 0 Å². The van der Waals surface area contributed by atoms with Gasteiger partial charge in [-0.25, -0.2) is 0 Å². The van der Waals surface area contributed by atoms with Gasteiger partial charge < -0.3 is 0 Å². The fourth-order valence-electron chi connectivity index (χ4n) is 2.60. The molecule has 0 amide bonds. The summed E-state index contributed by atoms with van der Waals surface area (Å²) < 4.78 is 0. The summed E-state index contributed by atoms with van der Waals surface area (Å²) in [5.41, 5.74) is -1.53. The van der Waals surface area contributed by atoms with Crippen molar-refractivity contribution in [3.05, 3.63) is 0 Å². The van der Waals surface area contributed by atoms with Crippen molar-refractivity contribution in [1.29, 1.82) is 0 Å². The summed E-state index contributed by atoms with van der Waals surface area (Å²) in [7, 11) is 0. The van der Waals surface area contributed by atoms with E-state index in [2.05, 4.69) is 0 Å². The molecule has 1 aliphatic rings. The maximum absolute atomic E-state index is 12.3. The molecular formula is C13H22O2. The molecule has 0 bridgehead atoms. The Hall–Kier alpha value is -0.660. The van der Waals surface area contributed by atoms with E-state index in [1.54, 1.807) is 13.8 Å². The van der Waals surface area contributed by atoms with Gasteiger partial charge in [0.05, 0.1) is 5.41 Å². The molecule has 1 fully saturated rings. The van der Waals surface area contributed by atoms with E-state index in [9.17, 15) is 9.59 Å². The van der Waals surface area contributed by atoms with Crippen molar-refractivity contribution >= 4 is 11.6 Å². The third-order valence-electron chi connectivity index (χ3n) is 4.84. The van der Waals surface area contributed by atoms with Crippen molar-refractivity contribution in [2.45, 2.75) is 48.5 Å². The van der Waals surface area contributed by atoms with Crippen molar-refractivity contribution < 1.29 is 9.59 Å². The lowest BCUT2D eigenvalue weighted by Gasteiger charge is -2.52. The number of carbonyl (C=O) groups excluding carboxylic acids is 2. The highest BCUT2D eigenvalue weighted by molar-refractivity contribution is 6.12. The molecule has 1 atom stereocenters. The van der Waals surface area contributed by atoms with Crippen LogP contribution < -0.4 is 0 Å². The Kier molecular flexibility index (Phi) is 2.42. The van der Waals surface area contributed by atoms with E-state index in [1.807, 2.05) is 34.6 Å². The predicted molar refractivity (Wildman–Crippen MR) is 60.5 cm³/mol. The minimum Gasteiger partial charge on any atom is -0.298 e. The smallest absolute Gasteiger partial charge is 0.151 e. The first-order chi connectivity index (χ1) is 6.47. The Morgan fingerprint density at radius 1 is 0.933 bits per heavy atom. The Labute approximate surface area is 92.4 Å². The van der Waals surface area contributed by atoms with Crippen LogP contribution in [0.25, 0.3) is 0 Å². The molecule has 0 aliphatic heterocycles. The van der Waals surface area contributed by atoms with E-state index in [-0.39, 0.29) is 22.9 Å². The average molecular weight is 210 g/mol. The van der Waals surface area contributed by atoms with Crippen LogP contribution in [0.1, 0.15) is 48.5 Å². The average Bonchev–Trinajstić information content (AvgIpc) is 2.12. The normalized spacial score (nSPS) is 32.9. The van der Waals surface area contributed by atoms with E-state index < -0.39 is 10.8 Å². The van der Waals surface area contributed by atoms with Gasteiger partial charge in [0.2, 0.25) is 0 Å². The lowest BCUT2D eigenvalue weighted by atomic mass is 9.48. The summed E-state index contributed by atoms with van der Waals surface area (Å²) in [6.45, 7) is 13.4. The van der Waals surface area contributed by atoms with E-state index in [0.29, 0.717) is 0 Å². The van der Waals surface area contributed by atoms with Crippen LogP contribution in [0, 0.1) is 22.2 Å². The number of carbonyl (C=O) groups is 2. The predicted octanol–water partition coefficient (Wildman–Crippen LogP) is 2.85. The minimum atomic E-state index is -0.821. The van der Waals surface area contributed by atoms with Crippen LogP contribution in [0.4, 0.5) is 0 Å². The highest BCUT2D eigenvalue weighted by Gasteiger charge is 2.60. The van der Waals surface area contributed by atoms with Gasteiger partial charge in [-0.1, -0.05) is 34.6 Å². The van der Waals surface area contributed by atoms with E-state index in [1.165, 1.54) is 0 Å². The maximum Gasteiger partial charge on any atom is 0.151 e. The van der Waals surface area contributed by atoms with Gasteiger partial charge in [-0.05, 0) is 19.3 Å². The van der Waals surface area contributed by atoms with Crippen molar-refractivity contribution in [2.75, 3.05) is 0 Å². The molecule has 0 aromatic carbocycles. The van der Waals surface area contributed by atoms with Gasteiger partial charge in [0.15, 0.2) is 5.78 Å². The second-order valence-corrected chi connectivity index (χ2v) is 6.39. The molecule has 1 aliphatic carbocycles. The van der Waals surface area contributed by atoms with Crippen LogP contribution in [-0.4, -0.2) is 11.6 Å². The Morgan fingerprint density at radius 2 is 1.33 bits per heavy atom. The lowest BCUT2D eigenvalue weighted by molar-refractivity contribution is -0.165. The lowest BCUT2D eigenvalue weighted by Crippen LogP contribution is -2.60. The fraction of sp³-hybridized carbons (Fsp3) is 0.846. The Balaban J connectivity index is 3.37. The van der Waals surface area contributed by atoms with E-state index in [0.717, 1.165) is 0 Å². The summed E-state index contributed by atoms with van der Waals surface area (Å²) in [5, 5.41) is 0. The first-order valence-electron chi connectivity index (χ1n) is 5.56. The van der Waals surface area contributed by atoms with Crippen LogP contribution in [0.15, 0.2) is 0 Å². The van der Waals surface area contributed by atoms with Gasteiger partial charge in [-0.2, -0.15) is 0 Å². The minimum absolute atomic E-state index is 0.0693. The van der Waals surface area contributed by atoms with E-state index in [4.69, 9.17) is 0 Å². The van der Waals surface area contributed by atoms with Crippen molar-refractivity contribution in [2.24, 2.45) is 22.2 Å². The molecule has 0 heterocycles. The van der Waals surface area contributed by atoms with Crippen LogP contribution >= 0.6 is 0 Å². The molecule has 1 rings (SSSR count). The zero-order valence-electron chi connectivity index (χ0n) is 10.9. The van der Waals surface area contributed by atoms with Gasteiger partial charge in [0, 0.05) is 11.3 Å². The Morgan fingerprint density at radius 3 is 1.73 bits per heavy atom. The zero-order valence-corrected chi connectivity index (χ0v) is 10.9. The number of Topliss-reactive ketones (excluding diaryl/α,β-unsaturated/α-hetero) is 2. The fourth-order valence-corrected chi connectivity index (χ4v) is 2.60. The molecule has 0 saturated heterocycles. The van der Waals surface area contributed by atoms with Gasteiger partial charge >= 0.3 is 0 Å². The van der Waals surface area contributed by atoms with Gasteiger partial charge in [0.1, 0.15) is 5.78 Å². The number of ketones is 2. The van der Waals surface area contributed by atoms with E-state index >= 15 is 0 Å². The Bertz CT molecular complexity index is 321. The molecule has 2 heteroatoms. The second-order valence-electron chi connectivity index (χ2n) is 6.39. The summed E-state index contributed by atoms with van der Waals surface area (Å²) in [4.78, 5) is 24.5. The van der Waals surface area contributed by atoms with Crippen LogP contribution in [0.2, 0.25) is 0 Å². The van der Waals surface area contributed by atoms with Crippen molar-refractivity contribution in [3.8, 4) is 0 Å². The standard InChI is InChI=1S/C13H22O2/c1-8-9(14)11(2,3)10(15)13(6,7)12(8,4)5/h8H,1-7H3. The topological polar surface area (TPSA) is 34.1 Å². The third kappa shape index (κ3) is 1.30. The molecule has 1 saturated carbocycles. The van der Waals surface area contributed by atoms with Crippen LogP contribution in [0.3, 0.4) is 0 Å². The van der Waals surface area contributed by atoms with Gasteiger partial charge in [-0.15, -0.1) is 0 Å². The van der Waals surface area contributed by atoms with Gasteiger partial charge in [-0.3, -0.25) is 9.59 Å². The van der Waals surface area contributed by atoms with Crippen LogP contribution in [0.5, 0.6) is 0 Å². The highest BCUT2D eigenvalue weighted by Crippen LogP contribution is 2.54. The maximum atomic E-state index is 12.3. The molecule has 2 nitrogen and oxygen atoms in total. The molecule has 0 radical (unpaired) electrons. The zero-order chi connectivity index (χ0) is 12.2. The number of hydrogen-bond donors (Lipinski definition) is 0. The first kappa shape index (κ1) is 12.4. The number of hydrogen-bond acceptors (Lipinski definition) is 2. The summed E-state index contributed by atoms with van der Waals surface area (Å²) in [6, 6.07) is 0.